The lowest BCUT2D eigenvalue weighted by Gasteiger charge is -2.32. The molecule has 37 heavy (non-hydrogen) atoms. The minimum absolute atomic E-state index is 0.0519. The topological polar surface area (TPSA) is 80.1 Å². The van der Waals surface area contributed by atoms with Gasteiger partial charge in [-0.25, -0.2) is 9.67 Å². The molecule has 5 rings (SSSR count). The Balaban J connectivity index is 1.23. The molecule has 3 heterocycles. The van der Waals surface area contributed by atoms with Gasteiger partial charge in [0.15, 0.2) is 0 Å². The number of aryl methyl sites for hydroxylation is 1. The second-order valence-electron chi connectivity index (χ2n) is 9.57. The molecule has 4 aromatic rings. The van der Waals surface area contributed by atoms with Gasteiger partial charge in [-0.15, -0.1) is 0 Å². The highest BCUT2D eigenvalue weighted by atomic mass is 35.5. The van der Waals surface area contributed by atoms with Crippen LogP contribution in [0, 0.1) is 0 Å². The monoisotopic (exact) mass is 515 g/mol. The molecular formula is C29H30ClN5O2. The minimum Gasteiger partial charge on any atom is -0.326 e. The Morgan fingerprint density at radius 1 is 1.03 bits per heavy atom. The van der Waals surface area contributed by atoms with Gasteiger partial charge in [-0.3, -0.25) is 9.59 Å². The number of piperidine rings is 1. The van der Waals surface area contributed by atoms with Crippen molar-refractivity contribution in [2.24, 2.45) is 0 Å². The summed E-state index contributed by atoms with van der Waals surface area (Å²) in [4.78, 5) is 31.2. The van der Waals surface area contributed by atoms with Crippen molar-refractivity contribution >= 4 is 34.0 Å². The van der Waals surface area contributed by atoms with Crippen molar-refractivity contribution in [2.45, 2.75) is 38.6 Å². The average Bonchev–Trinajstić information content (AvgIpc) is 2.91. The second kappa shape index (κ2) is 11.2. The van der Waals surface area contributed by atoms with Crippen molar-refractivity contribution < 1.29 is 4.79 Å². The third-order valence-electron chi connectivity index (χ3n) is 6.98. The van der Waals surface area contributed by atoms with Gasteiger partial charge >= 0.3 is 0 Å². The smallest absolute Gasteiger partial charge is 0.274 e. The molecule has 7 nitrogen and oxygen atoms in total. The van der Waals surface area contributed by atoms with E-state index in [2.05, 4.69) is 27.3 Å². The van der Waals surface area contributed by atoms with Crippen molar-refractivity contribution in [2.75, 3.05) is 25.0 Å². The van der Waals surface area contributed by atoms with Crippen molar-refractivity contribution in [3.05, 3.63) is 87.9 Å². The van der Waals surface area contributed by atoms with E-state index in [1.807, 2.05) is 42.5 Å². The average molecular weight is 516 g/mol. The van der Waals surface area contributed by atoms with Gasteiger partial charge in [0.05, 0.1) is 5.39 Å². The molecule has 0 radical (unpaired) electrons. The molecule has 1 aliphatic rings. The number of hydrogen-bond acceptors (Lipinski definition) is 5. The third-order valence-corrected chi connectivity index (χ3v) is 7.20. The fraction of sp³-hybridized carbons (Fsp3) is 0.310. The summed E-state index contributed by atoms with van der Waals surface area (Å²) in [7, 11) is 0. The molecule has 1 N–H and O–H groups in total. The number of amides is 1. The van der Waals surface area contributed by atoms with E-state index in [9.17, 15) is 9.59 Å². The molecule has 1 aliphatic heterocycles. The first-order chi connectivity index (χ1) is 18.0. The summed E-state index contributed by atoms with van der Waals surface area (Å²) < 4.78 is 1.59. The molecule has 8 heteroatoms. The Morgan fingerprint density at radius 3 is 2.54 bits per heavy atom. The maximum atomic E-state index is 13.2. The number of rotatable bonds is 7. The number of pyridine rings is 1. The summed E-state index contributed by atoms with van der Waals surface area (Å²) in [6.45, 7) is 5.02. The van der Waals surface area contributed by atoms with Crippen LogP contribution in [0.25, 0.3) is 22.0 Å². The summed E-state index contributed by atoms with van der Waals surface area (Å²) in [6.07, 6.45) is 4.69. The zero-order chi connectivity index (χ0) is 25.8. The highest BCUT2D eigenvalue weighted by Gasteiger charge is 2.21. The Labute approximate surface area is 221 Å². The van der Waals surface area contributed by atoms with Crippen molar-refractivity contribution in [1.82, 2.24) is 19.7 Å². The predicted octanol–water partition coefficient (Wildman–Crippen LogP) is 5.34. The summed E-state index contributed by atoms with van der Waals surface area (Å²) in [5.41, 5.74) is 3.64. The van der Waals surface area contributed by atoms with Gasteiger partial charge in [-0.2, -0.15) is 5.10 Å². The fourth-order valence-corrected chi connectivity index (χ4v) is 5.24. The summed E-state index contributed by atoms with van der Waals surface area (Å²) in [6, 6.07) is 19.4. The molecule has 1 saturated heterocycles. The summed E-state index contributed by atoms with van der Waals surface area (Å²) in [5.74, 6) is 0.439. The Morgan fingerprint density at radius 2 is 1.81 bits per heavy atom. The van der Waals surface area contributed by atoms with E-state index in [4.69, 9.17) is 16.7 Å². The van der Waals surface area contributed by atoms with Gasteiger partial charge in [0.25, 0.3) is 5.56 Å². The lowest BCUT2D eigenvalue weighted by Crippen LogP contribution is -2.34. The molecule has 1 amide bonds. The lowest BCUT2D eigenvalue weighted by atomic mass is 9.89. The van der Waals surface area contributed by atoms with Crippen LogP contribution in [0.4, 0.5) is 5.69 Å². The Kier molecular flexibility index (Phi) is 7.63. The number of halogens is 1. The van der Waals surface area contributed by atoms with Gasteiger partial charge in [-0.05, 0) is 80.7 Å². The van der Waals surface area contributed by atoms with E-state index in [1.165, 1.54) is 12.5 Å². The molecule has 0 saturated carbocycles. The minimum atomic E-state index is -0.0703. The van der Waals surface area contributed by atoms with Gasteiger partial charge < -0.3 is 10.2 Å². The van der Waals surface area contributed by atoms with E-state index >= 15 is 0 Å². The molecule has 0 unspecified atom stereocenters. The molecule has 0 spiro atoms. The molecule has 0 bridgehead atoms. The number of aromatic nitrogens is 3. The van der Waals surface area contributed by atoms with Crippen LogP contribution < -0.4 is 10.9 Å². The van der Waals surface area contributed by atoms with E-state index in [1.54, 1.807) is 16.9 Å². The number of fused-ring (bicyclic) bond motifs is 1. The Hall–Kier alpha value is -3.55. The Bertz CT molecular complexity index is 1460. The normalized spacial score (nSPS) is 14.6. The standard InChI is InChI=1S/C29H30ClN5O2/c1-20(36)32-24-7-4-6-22(18-24)21-12-16-34(17-13-21)14-5-15-35-29(37)26-9-3-2-8-25(26)28(33-35)23-10-11-27(30)31-19-23/h2-4,6-11,18-19,21H,5,12-17H2,1H3,(H,32,36). The maximum Gasteiger partial charge on any atom is 0.274 e. The number of anilines is 1. The zero-order valence-electron chi connectivity index (χ0n) is 20.9. The SMILES string of the molecule is CC(=O)Nc1cccc(C2CCN(CCCn3nc(-c4ccc(Cl)nc4)c4ccccc4c3=O)CC2)c1. The van der Waals surface area contributed by atoms with Crippen LogP contribution in [-0.4, -0.2) is 45.2 Å². The number of benzene rings is 2. The number of hydrogen-bond donors (Lipinski definition) is 1. The van der Waals surface area contributed by atoms with Crippen molar-refractivity contribution in [3.8, 4) is 11.3 Å². The first-order valence-electron chi connectivity index (χ1n) is 12.7. The van der Waals surface area contributed by atoms with E-state index < -0.39 is 0 Å². The maximum absolute atomic E-state index is 13.2. The molecule has 0 aliphatic carbocycles. The molecule has 2 aromatic heterocycles. The van der Waals surface area contributed by atoms with Crippen molar-refractivity contribution in [3.63, 3.8) is 0 Å². The van der Waals surface area contributed by atoms with Crippen LogP contribution >= 0.6 is 11.6 Å². The van der Waals surface area contributed by atoms with E-state index in [0.717, 1.165) is 61.2 Å². The largest absolute Gasteiger partial charge is 0.326 e. The predicted molar refractivity (Wildman–Crippen MR) is 148 cm³/mol. The summed E-state index contributed by atoms with van der Waals surface area (Å²) >= 11 is 5.98. The molecular weight excluding hydrogens is 486 g/mol. The first-order valence-corrected chi connectivity index (χ1v) is 13.1. The molecule has 1 fully saturated rings. The van der Waals surface area contributed by atoms with Crippen LogP contribution in [0.2, 0.25) is 5.15 Å². The number of carbonyl (C=O) groups excluding carboxylic acids is 1. The molecule has 2 aromatic carbocycles. The third kappa shape index (κ3) is 5.89. The number of likely N-dealkylation sites (tertiary alicyclic amines) is 1. The van der Waals surface area contributed by atoms with E-state index in [-0.39, 0.29) is 11.5 Å². The number of nitrogens with one attached hydrogen (secondary N) is 1. The zero-order valence-corrected chi connectivity index (χ0v) is 21.6. The van der Waals surface area contributed by atoms with Crippen LogP contribution in [0.5, 0.6) is 0 Å². The summed E-state index contributed by atoms with van der Waals surface area (Å²) in [5, 5.41) is 9.51. The molecule has 0 atom stereocenters. The van der Waals surface area contributed by atoms with Crippen LogP contribution in [0.3, 0.4) is 0 Å². The highest BCUT2D eigenvalue weighted by molar-refractivity contribution is 6.29. The van der Waals surface area contributed by atoms with Gasteiger partial charge in [-0.1, -0.05) is 41.9 Å². The van der Waals surface area contributed by atoms with Crippen molar-refractivity contribution in [1.29, 1.82) is 0 Å². The van der Waals surface area contributed by atoms with Crippen LogP contribution in [0.1, 0.15) is 37.7 Å². The van der Waals surface area contributed by atoms with Crippen LogP contribution in [0.15, 0.2) is 71.7 Å². The molecule has 190 valence electrons. The second-order valence-corrected chi connectivity index (χ2v) is 9.96. The van der Waals surface area contributed by atoms with Gasteiger partial charge in [0, 0.05) is 36.3 Å². The van der Waals surface area contributed by atoms with Gasteiger partial charge in [0.1, 0.15) is 10.8 Å². The van der Waals surface area contributed by atoms with E-state index in [0.29, 0.717) is 23.0 Å². The number of nitrogens with zero attached hydrogens (tertiary/aromatic N) is 4. The first kappa shape index (κ1) is 25.1. The van der Waals surface area contributed by atoms with Gasteiger partial charge in [0.2, 0.25) is 5.91 Å². The highest BCUT2D eigenvalue weighted by Crippen LogP contribution is 2.30. The fourth-order valence-electron chi connectivity index (χ4n) is 5.12. The van der Waals surface area contributed by atoms with Crippen LogP contribution in [-0.2, 0) is 11.3 Å². The number of carbonyl (C=O) groups is 1. The lowest BCUT2D eigenvalue weighted by molar-refractivity contribution is -0.114. The quantitative estimate of drug-likeness (QED) is 0.336.